The summed E-state index contributed by atoms with van der Waals surface area (Å²) >= 11 is 0. The number of aromatic nitrogens is 2. The Kier molecular flexibility index (Phi) is 8.93. The maximum Gasteiger partial charge on any atom is 0.0907 e. The number of hydrogen-bond donors (Lipinski definition) is 6. The fourth-order valence-corrected chi connectivity index (χ4v) is 2.39. The third kappa shape index (κ3) is 4.93. The topological polar surface area (TPSA) is 154 Å². The Morgan fingerprint density at radius 1 is 0.654 bits per heavy atom. The molecule has 10 heteroatoms. The van der Waals surface area contributed by atoms with E-state index in [-0.39, 0.29) is 13.1 Å². The maximum absolute atomic E-state index is 9.45. The van der Waals surface area contributed by atoms with Crippen LogP contribution >= 0.6 is 0 Å². The lowest BCUT2D eigenvalue weighted by Crippen LogP contribution is -2.55. The second-order valence-corrected chi connectivity index (χ2v) is 6.61. The van der Waals surface area contributed by atoms with Crippen LogP contribution in [0.2, 0.25) is 0 Å². The molecule has 1 aromatic heterocycles. The molecule has 0 saturated carbocycles. The van der Waals surface area contributed by atoms with E-state index in [4.69, 9.17) is 0 Å². The summed E-state index contributed by atoms with van der Waals surface area (Å²) < 4.78 is 0. The van der Waals surface area contributed by atoms with Crippen LogP contribution in [0, 0.1) is 0 Å². The van der Waals surface area contributed by atoms with Gasteiger partial charge in [-0.2, -0.15) is 0 Å². The van der Waals surface area contributed by atoms with E-state index >= 15 is 0 Å². The summed E-state index contributed by atoms with van der Waals surface area (Å²) in [7, 11) is 3.31. The smallest absolute Gasteiger partial charge is 0.0907 e. The standard InChI is InChI=1S/C16H30N4O6/c1-19(15(7-21,8-22)9-23)5-13-3-18-14(4-17-13)6-20(2)16(10-24,11-25)12-26/h3-4,21-26H,5-12H2,1-2H3. The average Bonchev–Trinajstić information content (AvgIpc) is 2.67. The molecule has 0 radical (unpaired) electrons. The summed E-state index contributed by atoms with van der Waals surface area (Å²) in [5.41, 5.74) is -1.14. The van der Waals surface area contributed by atoms with Crippen LogP contribution in [0.1, 0.15) is 11.4 Å². The van der Waals surface area contributed by atoms with Gasteiger partial charge in [-0.25, -0.2) is 0 Å². The molecule has 0 aromatic carbocycles. The monoisotopic (exact) mass is 374 g/mol. The lowest BCUT2D eigenvalue weighted by atomic mass is 10.0. The third-order valence-corrected chi connectivity index (χ3v) is 4.94. The van der Waals surface area contributed by atoms with Gasteiger partial charge >= 0.3 is 0 Å². The summed E-state index contributed by atoms with van der Waals surface area (Å²) in [6.45, 7) is -1.90. The summed E-state index contributed by atoms with van der Waals surface area (Å²) in [5, 5.41) is 56.7. The Balaban J connectivity index is 2.80. The number of nitrogens with zero attached hydrogens (tertiary/aromatic N) is 4. The Labute approximate surface area is 153 Å². The molecule has 0 amide bonds. The van der Waals surface area contributed by atoms with E-state index in [1.807, 2.05) is 0 Å². The minimum Gasteiger partial charge on any atom is -0.394 e. The highest BCUT2D eigenvalue weighted by Gasteiger charge is 2.34. The van der Waals surface area contributed by atoms with Crippen molar-refractivity contribution in [1.82, 2.24) is 19.8 Å². The average molecular weight is 374 g/mol. The molecule has 0 bridgehead atoms. The van der Waals surface area contributed by atoms with Gasteiger partial charge in [-0.1, -0.05) is 0 Å². The fourth-order valence-electron chi connectivity index (χ4n) is 2.39. The number of aliphatic hydroxyl groups is 6. The van der Waals surface area contributed by atoms with E-state index in [0.29, 0.717) is 11.4 Å². The molecule has 150 valence electrons. The van der Waals surface area contributed by atoms with E-state index < -0.39 is 50.7 Å². The van der Waals surface area contributed by atoms with E-state index in [1.165, 1.54) is 12.4 Å². The SMILES string of the molecule is CN(Cc1cnc(CN(C)C(CO)(CO)CO)cn1)C(CO)(CO)CO. The van der Waals surface area contributed by atoms with Crippen molar-refractivity contribution in [1.29, 1.82) is 0 Å². The molecule has 0 aliphatic rings. The zero-order valence-electron chi connectivity index (χ0n) is 15.3. The summed E-state index contributed by atoms with van der Waals surface area (Å²) in [5.74, 6) is 0. The van der Waals surface area contributed by atoms with Gasteiger partial charge in [0.15, 0.2) is 0 Å². The van der Waals surface area contributed by atoms with Crippen molar-refractivity contribution in [3.8, 4) is 0 Å². The van der Waals surface area contributed by atoms with Crippen molar-refractivity contribution in [3.05, 3.63) is 23.8 Å². The predicted octanol–water partition coefficient (Wildman–Crippen LogP) is -3.23. The van der Waals surface area contributed by atoms with Crippen LogP contribution in [-0.2, 0) is 13.1 Å². The van der Waals surface area contributed by atoms with Crippen LogP contribution in [0.4, 0.5) is 0 Å². The summed E-state index contributed by atoms with van der Waals surface area (Å²) in [6, 6.07) is 0. The molecular formula is C16H30N4O6. The summed E-state index contributed by atoms with van der Waals surface area (Å²) in [6.07, 6.45) is 3.07. The van der Waals surface area contributed by atoms with Crippen LogP contribution in [0.5, 0.6) is 0 Å². The van der Waals surface area contributed by atoms with Crippen molar-refractivity contribution in [2.45, 2.75) is 24.2 Å². The molecule has 1 rings (SSSR count). The third-order valence-electron chi connectivity index (χ3n) is 4.94. The van der Waals surface area contributed by atoms with Gasteiger partial charge in [0.05, 0.1) is 74.5 Å². The lowest BCUT2D eigenvalue weighted by molar-refractivity contribution is -0.0401. The van der Waals surface area contributed by atoms with Crippen molar-refractivity contribution in [3.63, 3.8) is 0 Å². The first-order valence-corrected chi connectivity index (χ1v) is 8.24. The highest BCUT2D eigenvalue weighted by atomic mass is 16.3. The van der Waals surface area contributed by atoms with Crippen molar-refractivity contribution >= 4 is 0 Å². The number of likely N-dealkylation sites (N-methyl/N-ethyl adjacent to an activating group) is 2. The quantitative estimate of drug-likeness (QED) is 0.220. The van der Waals surface area contributed by atoms with Gasteiger partial charge in [0.2, 0.25) is 0 Å². The van der Waals surface area contributed by atoms with Gasteiger partial charge in [-0.3, -0.25) is 19.8 Å². The van der Waals surface area contributed by atoms with Crippen molar-refractivity contribution in [2.75, 3.05) is 53.7 Å². The van der Waals surface area contributed by atoms with Crippen LogP contribution < -0.4 is 0 Å². The first-order chi connectivity index (χ1) is 12.4. The lowest BCUT2D eigenvalue weighted by Gasteiger charge is -2.37. The highest BCUT2D eigenvalue weighted by Crippen LogP contribution is 2.16. The Morgan fingerprint density at radius 3 is 1.12 bits per heavy atom. The first-order valence-electron chi connectivity index (χ1n) is 8.24. The molecule has 26 heavy (non-hydrogen) atoms. The maximum atomic E-state index is 9.45. The largest absolute Gasteiger partial charge is 0.394 e. The molecule has 1 aromatic rings. The van der Waals surface area contributed by atoms with E-state index in [2.05, 4.69) is 9.97 Å². The molecule has 10 nitrogen and oxygen atoms in total. The molecule has 0 atom stereocenters. The molecule has 0 unspecified atom stereocenters. The summed E-state index contributed by atoms with van der Waals surface area (Å²) in [4.78, 5) is 11.8. The Morgan fingerprint density at radius 2 is 0.923 bits per heavy atom. The zero-order chi connectivity index (χ0) is 19.8. The molecule has 0 fully saturated rings. The highest BCUT2D eigenvalue weighted by molar-refractivity contribution is 5.05. The van der Waals surface area contributed by atoms with Crippen LogP contribution in [0.15, 0.2) is 12.4 Å². The fraction of sp³-hybridized carbons (Fsp3) is 0.750. The predicted molar refractivity (Wildman–Crippen MR) is 92.9 cm³/mol. The number of aliphatic hydroxyl groups excluding tert-OH is 6. The van der Waals surface area contributed by atoms with Gasteiger partial charge in [-0.05, 0) is 14.1 Å². The van der Waals surface area contributed by atoms with Crippen molar-refractivity contribution < 1.29 is 30.6 Å². The van der Waals surface area contributed by atoms with Crippen molar-refractivity contribution in [2.24, 2.45) is 0 Å². The second-order valence-electron chi connectivity index (χ2n) is 6.61. The van der Waals surface area contributed by atoms with Crippen LogP contribution in [-0.4, -0.2) is 115 Å². The molecule has 0 spiro atoms. The van der Waals surface area contributed by atoms with Gasteiger partial charge < -0.3 is 30.6 Å². The van der Waals surface area contributed by atoms with E-state index in [1.54, 1.807) is 23.9 Å². The minimum absolute atomic E-state index is 0.263. The Bertz CT molecular complexity index is 458. The molecule has 0 aliphatic heterocycles. The minimum atomic E-state index is -1.15. The van der Waals surface area contributed by atoms with Gasteiger partial charge in [-0.15, -0.1) is 0 Å². The normalized spacial score (nSPS) is 13.0. The van der Waals surface area contributed by atoms with E-state index in [9.17, 15) is 30.6 Å². The first kappa shape index (κ1) is 22.8. The van der Waals surface area contributed by atoms with Crippen LogP contribution in [0.3, 0.4) is 0 Å². The Hall–Kier alpha value is -1.24. The molecule has 0 aliphatic carbocycles. The van der Waals surface area contributed by atoms with Crippen LogP contribution in [0.25, 0.3) is 0 Å². The molecule has 0 saturated heterocycles. The van der Waals surface area contributed by atoms with Gasteiger partial charge in [0.25, 0.3) is 0 Å². The molecule has 1 heterocycles. The van der Waals surface area contributed by atoms with E-state index in [0.717, 1.165) is 0 Å². The second kappa shape index (κ2) is 10.2. The number of hydrogen-bond acceptors (Lipinski definition) is 10. The zero-order valence-corrected chi connectivity index (χ0v) is 15.3. The molecular weight excluding hydrogens is 344 g/mol. The number of rotatable bonds is 12. The molecule has 6 N–H and O–H groups in total. The van der Waals surface area contributed by atoms with Gasteiger partial charge in [0, 0.05) is 13.1 Å². The van der Waals surface area contributed by atoms with Gasteiger partial charge in [0.1, 0.15) is 0 Å².